The maximum atomic E-state index is 12.9. The largest absolute Gasteiger partial charge is 0.484 e. The Balaban J connectivity index is 1.50. The molecule has 9 heteroatoms. The zero-order valence-corrected chi connectivity index (χ0v) is 17.1. The molecule has 2 amide bonds. The molecule has 3 aromatic rings. The minimum Gasteiger partial charge on any atom is -0.484 e. The molecule has 1 saturated heterocycles. The van der Waals surface area contributed by atoms with E-state index in [-0.39, 0.29) is 18.6 Å². The van der Waals surface area contributed by atoms with Gasteiger partial charge in [-0.2, -0.15) is 4.98 Å². The molecule has 2 aromatic carbocycles. The minimum atomic E-state index is -0.502. The van der Waals surface area contributed by atoms with Gasteiger partial charge in [-0.1, -0.05) is 35.5 Å². The fourth-order valence-corrected chi connectivity index (χ4v) is 3.45. The standard InChI is InChI=1S/C22H23N5O4/c1-26-11-12-27(19(28)14-30-17-5-3-2-4-6-17)18(13-26)22-24-21(25-31-22)16-9-7-15(8-10-16)20(23)29/h2-10,18H,11-14H2,1H3,(H2,23,29). The van der Waals surface area contributed by atoms with Crippen LogP contribution in [0.2, 0.25) is 0 Å². The normalized spacial score (nSPS) is 16.8. The molecular formula is C22H23N5O4. The maximum absolute atomic E-state index is 12.9. The number of hydrogen-bond donors (Lipinski definition) is 1. The minimum absolute atomic E-state index is 0.0696. The number of likely N-dealkylation sites (N-methyl/N-ethyl adjacent to an activating group) is 1. The smallest absolute Gasteiger partial charge is 0.261 e. The highest BCUT2D eigenvalue weighted by Crippen LogP contribution is 2.26. The Labute approximate surface area is 179 Å². The van der Waals surface area contributed by atoms with Crippen LogP contribution >= 0.6 is 0 Å². The van der Waals surface area contributed by atoms with Crippen molar-refractivity contribution in [1.29, 1.82) is 0 Å². The van der Waals surface area contributed by atoms with Crippen molar-refractivity contribution in [3.8, 4) is 17.1 Å². The van der Waals surface area contributed by atoms with Crippen LogP contribution in [0, 0.1) is 0 Å². The van der Waals surface area contributed by atoms with Gasteiger partial charge in [0.25, 0.3) is 11.8 Å². The maximum Gasteiger partial charge on any atom is 0.261 e. The number of primary amides is 1. The van der Waals surface area contributed by atoms with E-state index >= 15 is 0 Å². The van der Waals surface area contributed by atoms with Crippen molar-refractivity contribution in [3.05, 3.63) is 66.1 Å². The number of carbonyl (C=O) groups excluding carboxylic acids is 2. The van der Waals surface area contributed by atoms with Crippen molar-refractivity contribution in [2.75, 3.05) is 33.3 Å². The second-order valence-electron chi connectivity index (χ2n) is 7.36. The number of aromatic nitrogens is 2. The number of piperazine rings is 1. The van der Waals surface area contributed by atoms with E-state index in [2.05, 4.69) is 15.0 Å². The molecule has 1 aromatic heterocycles. The molecule has 0 spiro atoms. The van der Waals surface area contributed by atoms with Gasteiger partial charge in [0.15, 0.2) is 6.61 Å². The van der Waals surface area contributed by atoms with Crippen molar-refractivity contribution in [2.24, 2.45) is 5.73 Å². The third-order valence-electron chi connectivity index (χ3n) is 5.16. The number of benzene rings is 2. The second kappa shape index (κ2) is 8.97. The Morgan fingerprint density at radius 2 is 1.87 bits per heavy atom. The molecule has 1 aliphatic heterocycles. The highest BCUT2D eigenvalue weighted by atomic mass is 16.5. The molecular weight excluding hydrogens is 398 g/mol. The van der Waals surface area contributed by atoms with Gasteiger partial charge in [0, 0.05) is 30.8 Å². The first-order valence-corrected chi connectivity index (χ1v) is 9.91. The van der Waals surface area contributed by atoms with Crippen LogP contribution in [-0.4, -0.2) is 65.0 Å². The lowest BCUT2D eigenvalue weighted by Crippen LogP contribution is -2.50. The fourth-order valence-electron chi connectivity index (χ4n) is 3.45. The Bertz CT molecular complexity index is 1050. The number of rotatable bonds is 6. The highest BCUT2D eigenvalue weighted by molar-refractivity contribution is 5.93. The lowest BCUT2D eigenvalue weighted by atomic mass is 10.1. The van der Waals surface area contributed by atoms with Gasteiger partial charge >= 0.3 is 0 Å². The predicted octanol–water partition coefficient (Wildman–Crippen LogP) is 1.73. The van der Waals surface area contributed by atoms with E-state index in [1.807, 2.05) is 37.4 Å². The molecule has 0 radical (unpaired) electrons. The summed E-state index contributed by atoms with van der Waals surface area (Å²) in [5, 5.41) is 4.06. The number of ether oxygens (including phenoxy) is 1. The van der Waals surface area contributed by atoms with Crippen molar-refractivity contribution >= 4 is 11.8 Å². The molecule has 9 nitrogen and oxygen atoms in total. The summed E-state index contributed by atoms with van der Waals surface area (Å²) in [5.74, 6) is 0.728. The number of nitrogens with two attached hydrogens (primary N) is 1. The van der Waals surface area contributed by atoms with Gasteiger partial charge in [0.05, 0.1) is 0 Å². The van der Waals surface area contributed by atoms with E-state index < -0.39 is 5.91 Å². The van der Waals surface area contributed by atoms with Gasteiger partial charge < -0.3 is 24.8 Å². The number of amides is 2. The molecule has 2 heterocycles. The van der Waals surface area contributed by atoms with Crippen molar-refractivity contribution < 1.29 is 18.8 Å². The van der Waals surface area contributed by atoms with Gasteiger partial charge in [-0.05, 0) is 31.3 Å². The summed E-state index contributed by atoms with van der Waals surface area (Å²) in [7, 11) is 1.98. The molecule has 160 valence electrons. The topological polar surface area (TPSA) is 115 Å². The SMILES string of the molecule is CN1CCN(C(=O)COc2ccccc2)C(c2nc(-c3ccc(C(N)=O)cc3)no2)C1. The van der Waals surface area contributed by atoms with E-state index in [1.54, 1.807) is 29.2 Å². The van der Waals surface area contributed by atoms with Gasteiger partial charge in [0.2, 0.25) is 11.7 Å². The number of hydrogen-bond acceptors (Lipinski definition) is 7. The quantitative estimate of drug-likeness (QED) is 0.644. The summed E-state index contributed by atoms with van der Waals surface area (Å²) < 4.78 is 11.1. The van der Waals surface area contributed by atoms with E-state index in [1.165, 1.54) is 0 Å². The second-order valence-corrected chi connectivity index (χ2v) is 7.36. The molecule has 1 unspecified atom stereocenters. The zero-order chi connectivity index (χ0) is 21.8. The average Bonchev–Trinajstić information content (AvgIpc) is 3.28. The molecule has 31 heavy (non-hydrogen) atoms. The molecule has 0 bridgehead atoms. The Morgan fingerprint density at radius 1 is 1.13 bits per heavy atom. The summed E-state index contributed by atoms with van der Waals surface area (Å²) >= 11 is 0. The summed E-state index contributed by atoms with van der Waals surface area (Å²) in [6.45, 7) is 1.77. The summed E-state index contributed by atoms with van der Waals surface area (Å²) in [6.07, 6.45) is 0. The van der Waals surface area contributed by atoms with Crippen LogP contribution in [0.15, 0.2) is 59.1 Å². The van der Waals surface area contributed by atoms with Crippen LogP contribution in [-0.2, 0) is 4.79 Å². The fraction of sp³-hybridized carbons (Fsp3) is 0.273. The van der Waals surface area contributed by atoms with Crippen molar-refractivity contribution in [3.63, 3.8) is 0 Å². The summed E-state index contributed by atoms with van der Waals surface area (Å²) in [4.78, 5) is 32.5. The van der Waals surface area contributed by atoms with Crippen LogP contribution in [0.3, 0.4) is 0 Å². The van der Waals surface area contributed by atoms with Crippen LogP contribution in [0.5, 0.6) is 5.75 Å². The number of carbonyl (C=O) groups is 2. The summed E-state index contributed by atoms with van der Waals surface area (Å²) in [6, 6.07) is 15.5. The van der Waals surface area contributed by atoms with Gasteiger partial charge in [-0.3, -0.25) is 9.59 Å². The molecule has 0 saturated carbocycles. The average molecular weight is 421 g/mol. The van der Waals surface area contributed by atoms with Crippen molar-refractivity contribution in [1.82, 2.24) is 19.9 Å². The monoisotopic (exact) mass is 421 g/mol. The van der Waals surface area contributed by atoms with E-state index in [0.717, 1.165) is 6.54 Å². The molecule has 1 aliphatic rings. The first kappa shape index (κ1) is 20.5. The third-order valence-corrected chi connectivity index (χ3v) is 5.16. The van der Waals surface area contributed by atoms with Gasteiger partial charge in [-0.15, -0.1) is 0 Å². The number of nitrogens with zero attached hydrogens (tertiary/aromatic N) is 4. The first-order valence-electron chi connectivity index (χ1n) is 9.91. The predicted molar refractivity (Wildman–Crippen MR) is 112 cm³/mol. The van der Waals surface area contributed by atoms with Crippen molar-refractivity contribution in [2.45, 2.75) is 6.04 Å². The molecule has 1 fully saturated rings. The van der Waals surface area contributed by atoms with Crippen LogP contribution in [0.4, 0.5) is 0 Å². The Morgan fingerprint density at radius 3 is 2.58 bits per heavy atom. The molecule has 0 aliphatic carbocycles. The highest BCUT2D eigenvalue weighted by Gasteiger charge is 2.34. The summed E-state index contributed by atoms with van der Waals surface area (Å²) in [5.41, 5.74) is 6.37. The Kier molecular flexibility index (Phi) is 5.94. The Hall–Kier alpha value is -3.72. The van der Waals surface area contributed by atoms with Gasteiger partial charge in [-0.25, -0.2) is 0 Å². The van der Waals surface area contributed by atoms with E-state index in [0.29, 0.717) is 41.7 Å². The van der Waals surface area contributed by atoms with E-state index in [4.69, 9.17) is 15.0 Å². The number of para-hydroxylation sites is 1. The third kappa shape index (κ3) is 4.72. The zero-order valence-electron chi connectivity index (χ0n) is 17.1. The van der Waals surface area contributed by atoms with Crippen LogP contribution in [0.25, 0.3) is 11.4 Å². The van der Waals surface area contributed by atoms with Crippen LogP contribution < -0.4 is 10.5 Å². The van der Waals surface area contributed by atoms with Crippen LogP contribution in [0.1, 0.15) is 22.3 Å². The molecule has 4 rings (SSSR count). The lowest BCUT2D eigenvalue weighted by molar-refractivity contribution is -0.139. The molecule has 1 atom stereocenters. The first-order chi connectivity index (χ1) is 15.0. The lowest BCUT2D eigenvalue weighted by Gasteiger charge is -2.37. The van der Waals surface area contributed by atoms with Gasteiger partial charge in [0.1, 0.15) is 11.8 Å². The molecule has 2 N–H and O–H groups in total. The van der Waals surface area contributed by atoms with E-state index in [9.17, 15) is 9.59 Å².